The normalized spacial score (nSPS) is 39.1. The lowest BCUT2D eigenvalue weighted by atomic mass is 9.76. The van der Waals surface area contributed by atoms with E-state index in [1.165, 1.54) is 83.7 Å². The molecule has 2 heteroatoms. The Morgan fingerprint density at radius 2 is 1.81 bits per heavy atom. The molecule has 122 valence electrons. The second-order valence-corrected chi connectivity index (χ2v) is 8.14. The summed E-state index contributed by atoms with van der Waals surface area (Å²) in [6, 6.07) is 1.38. The van der Waals surface area contributed by atoms with E-state index in [0.29, 0.717) is 6.04 Å². The minimum atomic E-state index is 0.475. The van der Waals surface area contributed by atoms with E-state index >= 15 is 0 Å². The monoisotopic (exact) mass is 292 g/mol. The Hall–Kier alpha value is -0.0800. The van der Waals surface area contributed by atoms with Crippen LogP contribution in [0.15, 0.2) is 0 Å². The van der Waals surface area contributed by atoms with Crippen molar-refractivity contribution in [2.45, 2.75) is 89.6 Å². The lowest BCUT2D eigenvalue weighted by Crippen LogP contribution is -2.45. The van der Waals surface area contributed by atoms with Crippen LogP contribution in [0, 0.1) is 17.8 Å². The van der Waals surface area contributed by atoms with Gasteiger partial charge in [0, 0.05) is 18.6 Å². The molecule has 21 heavy (non-hydrogen) atoms. The number of likely N-dealkylation sites (tertiary alicyclic amines) is 1. The second-order valence-electron chi connectivity index (χ2n) is 8.14. The summed E-state index contributed by atoms with van der Waals surface area (Å²) in [4.78, 5) is 2.86. The second kappa shape index (κ2) is 7.46. The van der Waals surface area contributed by atoms with Crippen LogP contribution in [0.4, 0.5) is 0 Å². The van der Waals surface area contributed by atoms with Crippen LogP contribution in [-0.4, -0.2) is 30.1 Å². The fraction of sp³-hybridized carbons (Fsp3) is 1.00. The van der Waals surface area contributed by atoms with Crippen LogP contribution in [-0.2, 0) is 0 Å². The highest BCUT2D eigenvalue weighted by Gasteiger charge is 2.36. The molecule has 2 aliphatic carbocycles. The van der Waals surface area contributed by atoms with Crippen LogP contribution >= 0.6 is 0 Å². The minimum absolute atomic E-state index is 0.475. The summed E-state index contributed by atoms with van der Waals surface area (Å²) in [6.45, 7) is 4.99. The predicted octanol–water partition coefficient (Wildman–Crippen LogP) is 4.18. The van der Waals surface area contributed by atoms with E-state index in [9.17, 15) is 0 Å². The van der Waals surface area contributed by atoms with Crippen molar-refractivity contribution in [3.8, 4) is 0 Å². The fourth-order valence-corrected chi connectivity index (χ4v) is 5.52. The molecule has 2 nitrogen and oxygen atoms in total. The molecule has 0 radical (unpaired) electrons. The summed E-state index contributed by atoms with van der Waals surface area (Å²) in [5, 5.41) is 0. The van der Waals surface area contributed by atoms with Gasteiger partial charge in [-0.1, -0.05) is 32.6 Å². The van der Waals surface area contributed by atoms with Crippen LogP contribution in [0.2, 0.25) is 0 Å². The van der Waals surface area contributed by atoms with Gasteiger partial charge in [-0.3, -0.25) is 4.90 Å². The number of hydrogen-bond acceptors (Lipinski definition) is 2. The smallest absolute Gasteiger partial charge is 0.0124 e. The van der Waals surface area contributed by atoms with Crippen LogP contribution in [0.25, 0.3) is 0 Å². The molecule has 0 amide bonds. The van der Waals surface area contributed by atoms with E-state index in [-0.39, 0.29) is 0 Å². The van der Waals surface area contributed by atoms with Crippen LogP contribution < -0.4 is 5.73 Å². The van der Waals surface area contributed by atoms with E-state index in [2.05, 4.69) is 11.8 Å². The zero-order chi connectivity index (χ0) is 14.7. The molecular formula is C19H36N2. The van der Waals surface area contributed by atoms with E-state index in [1.807, 2.05) is 0 Å². The van der Waals surface area contributed by atoms with Gasteiger partial charge in [-0.2, -0.15) is 0 Å². The molecular weight excluding hydrogens is 256 g/mol. The molecule has 1 heterocycles. The van der Waals surface area contributed by atoms with Gasteiger partial charge in [0.15, 0.2) is 0 Å². The van der Waals surface area contributed by atoms with Gasteiger partial charge in [0.2, 0.25) is 0 Å². The molecule has 1 aliphatic heterocycles. The first-order valence-corrected chi connectivity index (χ1v) is 9.77. The predicted molar refractivity (Wildman–Crippen MR) is 90.3 cm³/mol. The van der Waals surface area contributed by atoms with E-state index in [0.717, 1.165) is 23.8 Å². The third-order valence-electron chi connectivity index (χ3n) is 6.67. The van der Waals surface area contributed by atoms with Gasteiger partial charge in [-0.25, -0.2) is 0 Å². The molecule has 0 aromatic heterocycles. The Balaban J connectivity index is 1.55. The molecule has 0 aromatic rings. The quantitative estimate of drug-likeness (QED) is 0.823. The van der Waals surface area contributed by atoms with Crippen LogP contribution in [0.1, 0.15) is 77.6 Å². The lowest BCUT2D eigenvalue weighted by Gasteiger charge is -2.39. The average Bonchev–Trinajstić information content (AvgIpc) is 3.13. The van der Waals surface area contributed by atoms with E-state index < -0.39 is 0 Å². The van der Waals surface area contributed by atoms with Gasteiger partial charge in [0.1, 0.15) is 0 Å². The summed E-state index contributed by atoms with van der Waals surface area (Å²) in [7, 11) is 0. The highest BCUT2D eigenvalue weighted by atomic mass is 15.2. The Bertz CT molecular complexity index is 311. The molecule has 0 bridgehead atoms. The molecule has 3 rings (SSSR count). The van der Waals surface area contributed by atoms with Crippen molar-refractivity contribution in [3.63, 3.8) is 0 Å². The van der Waals surface area contributed by atoms with Crippen molar-refractivity contribution in [3.05, 3.63) is 0 Å². The third kappa shape index (κ3) is 3.82. The van der Waals surface area contributed by atoms with E-state index in [4.69, 9.17) is 5.73 Å². The Morgan fingerprint density at radius 1 is 1.00 bits per heavy atom. The zero-order valence-electron chi connectivity index (χ0n) is 14.1. The summed E-state index contributed by atoms with van der Waals surface area (Å²) in [5.74, 6) is 2.75. The van der Waals surface area contributed by atoms with Crippen molar-refractivity contribution in [2.24, 2.45) is 23.5 Å². The van der Waals surface area contributed by atoms with Crippen molar-refractivity contribution in [1.29, 1.82) is 0 Å². The van der Waals surface area contributed by atoms with Crippen LogP contribution in [0.3, 0.4) is 0 Å². The highest BCUT2D eigenvalue weighted by molar-refractivity contribution is 4.91. The van der Waals surface area contributed by atoms with Gasteiger partial charge >= 0.3 is 0 Å². The number of nitrogens with two attached hydrogens (primary N) is 1. The third-order valence-corrected chi connectivity index (χ3v) is 6.67. The summed E-state index contributed by atoms with van der Waals surface area (Å²) < 4.78 is 0. The van der Waals surface area contributed by atoms with Gasteiger partial charge in [0.05, 0.1) is 0 Å². The number of hydrogen-bond donors (Lipinski definition) is 1. The van der Waals surface area contributed by atoms with Crippen LogP contribution in [0.5, 0.6) is 0 Å². The topological polar surface area (TPSA) is 29.3 Å². The maximum absolute atomic E-state index is 6.49. The molecule has 3 fully saturated rings. The minimum Gasteiger partial charge on any atom is -0.327 e. The van der Waals surface area contributed by atoms with Gasteiger partial charge in [0.25, 0.3) is 0 Å². The molecule has 2 saturated carbocycles. The molecule has 0 aromatic carbocycles. The molecule has 4 atom stereocenters. The van der Waals surface area contributed by atoms with Crippen molar-refractivity contribution in [2.75, 3.05) is 13.1 Å². The Kier molecular flexibility index (Phi) is 5.61. The maximum atomic E-state index is 6.49. The molecule has 3 aliphatic rings. The molecule has 1 saturated heterocycles. The zero-order valence-corrected chi connectivity index (χ0v) is 14.1. The first kappa shape index (κ1) is 15.8. The van der Waals surface area contributed by atoms with Crippen molar-refractivity contribution < 1.29 is 0 Å². The van der Waals surface area contributed by atoms with E-state index in [1.54, 1.807) is 0 Å². The fourth-order valence-electron chi connectivity index (χ4n) is 5.52. The first-order valence-electron chi connectivity index (χ1n) is 9.77. The van der Waals surface area contributed by atoms with Gasteiger partial charge < -0.3 is 5.73 Å². The SMILES string of the molecule is CCCC1CCC(N)C(CN2CCCC2C2CCCC2)C1. The van der Waals surface area contributed by atoms with Gasteiger partial charge in [-0.15, -0.1) is 0 Å². The number of rotatable bonds is 5. The Labute approximate surface area is 131 Å². The van der Waals surface area contributed by atoms with Crippen molar-refractivity contribution >= 4 is 0 Å². The highest BCUT2D eigenvalue weighted by Crippen LogP contribution is 2.38. The first-order chi connectivity index (χ1) is 10.3. The maximum Gasteiger partial charge on any atom is 0.0124 e. The summed E-state index contributed by atoms with van der Waals surface area (Å²) in [6.07, 6.45) is 15.7. The average molecular weight is 293 g/mol. The number of nitrogens with zero attached hydrogens (tertiary/aromatic N) is 1. The molecule has 0 spiro atoms. The lowest BCUT2D eigenvalue weighted by molar-refractivity contribution is 0.120. The molecule has 2 N–H and O–H groups in total. The summed E-state index contributed by atoms with van der Waals surface area (Å²) in [5.41, 5.74) is 6.49. The largest absolute Gasteiger partial charge is 0.327 e. The summed E-state index contributed by atoms with van der Waals surface area (Å²) >= 11 is 0. The van der Waals surface area contributed by atoms with Crippen molar-refractivity contribution in [1.82, 2.24) is 4.90 Å². The van der Waals surface area contributed by atoms with Gasteiger partial charge in [-0.05, 0) is 69.2 Å². The molecule has 4 unspecified atom stereocenters. The standard InChI is InChI=1S/C19H36N2/c1-2-6-15-10-11-18(20)17(13-15)14-21-12-5-9-19(21)16-7-3-4-8-16/h15-19H,2-14,20H2,1H3. The Morgan fingerprint density at radius 3 is 2.57 bits per heavy atom.